The highest BCUT2D eigenvalue weighted by atomic mass is 79.9. The highest BCUT2D eigenvalue weighted by Crippen LogP contribution is 2.39. The van der Waals surface area contributed by atoms with Gasteiger partial charge in [-0.2, -0.15) is 0 Å². The lowest BCUT2D eigenvalue weighted by atomic mass is 10.2. The van der Waals surface area contributed by atoms with Gasteiger partial charge in [0.25, 0.3) is 0 Å². The summed E-state index contributed by atoms with van der Waals surface area (Å²) in [6.45, 7) is 4.00. The smallest absolute Gasteiger partial charge is 0.138 e. The molecule has 1 heterocycles. The van der Waals surface area contributed by atoms with Crippen LogP contribution in [0.15, 0.2) is 22.7 Å². The minimum absolute atomic E-state index is 0.485. The van der Waals surface area contributed by atoms with E-state index >= 15 is 0 Å². The summed E-state index contributed by atoms with van der Waals surface area (Å²) < 4.78 is 1.07. The third-order valence-electron chi connectivity index (χ3n) is 3.48. The lowest BCUT2D eigenvalue weighted by Gasteiger charge is -2.12. The van der Waals surface area contributed by atoms with E-state index in [9.17, 15) is 0 Å². The van der Waals surface area contributed by atoms with Crippen molar-refractivity contribution in [2.45, 2.75) is 32.6 Å². The maximum Gasteiger partial charge on any atom is 0.138 e. The molecule has 0 atom stereocenters. The Labute approximate surface area is 131 Å². The van der Waals surface area contributed by atoms with Gasteiger partial charge in [0.1, 0.15) is 16.8 Å². The van der Waals surface area contributed by atoms with Crippen molar-refractivity contribution in [3.8, 4) is 0 Å². The molecular formula is C15H15BrClN3. The van der Waals surface area contributed by atoms with Crippen molar-refractivity contribution in [3.63, 3.8) is 0 Å². The molecule has 2 aromatic rings. The first-order chi connectivity index (χ1) is 9.54. The number of aryl methyl sites for hydroxylation is 1. The topological polar surface area (TPSA) is 37.8 Å². The summed E-state index contributed by atoms with van der Waals surface area (Å²) >= 11 is 9.75. The molecule has 1 N–H and O–H groups in total. The molecule has 1 fully saturated rings. The zero-order valence-electron chi connectivity index (χ0n) is 11.4. The van der Waals surface area contributed by atoms with E-state index in [0.29, 0.717) is 11.1 Å². The van der Waals surface area contributed by atoms with Crippen molar-refractivity contribution in [1.29, 1.82) is 0 Å². The Bertz CT molecular complexity index is 668. The maximum absolute atomic E-state index is 6.21. The van der Waals surface area contributed by atoms with Gasteiger partial charge >= 0.3 is 0 Å². The van der Waals surface area contributed by atoms with Crippen LogP contribution in [0.5, 0.6) is 0 Å². The van der Waals surface area contributed by atoms with Gasteiger partial charge in [-0.1, -0.05) is 33.6 Å². The second kappa shape index (κ2) is 5.34. The van der Waals surface area contributed by atoms with Crippen LogP contribution < -0.4 is 5.32 Å². The normalized spacial score (nSPS) is 14.4. The molecular weight excluding hydrogens is 338 g/mol. The molecule has 1 aliphatic carbocycles. The van der Waals surface area contributed by atoms with Crippen molar-refractivity contribution in [2.75, 3.05) is 5.32 Å². The quantitative estimate of drug-likeness (QED) is 0.778. The van der Waals surface area contributed by atoms with Crippen molar-refractivity contribution >= 4 is 39.0 Å². The molecule has 0 saturated heterocycles. The number of aromatic nitrogens is 2. The van der Waals surface area contributed by atoms with Gasteiger partial charge in [-0.3, -0.25) is 0 Å². The molecule has 0 bridgehead atoms. The van der Waals surface area contributed by atoms with Crippen molar-refractivity contribution in [3.05, 3.63) is 44.8 Å². The number of nitrogens with one attached hydrogen (secondary N) is 1. The Morgan fingerprint density at radius 1 is 1.25 bits per heavy atom. The second-order valence-corrected chi connectivity index (χ2v) is 6.42. The summed E-state index contributed by atoms with van der Waals surface area (Å²) in [6, 6.07) is 6.14. The molecule has 104 valence electrons. The van der Waals surface area contributed by atoms with Crippen LogP contribution in [0.2, 0.25) is 5.15 Å². The zero-order chi connectivity index (χ0) is 14.3. The van der Waals surface area contributed by atoms with Crippen LogP contribution in [0.1, 0.15) is 35.7 Å². The van der Waals surface area contributed by atoms with Crippen LogP contribution in [-0.2, 0) is 0 Å². The fraction of sp³-hybridized carbons (Fsp3) is 0.333. The van der Waals surface area contributed by atoms with E-state index in [-0.39, 0.29) is 0 Å². The van der Waals surface area contributed by atoms with Gasteiger partial charge in [-0.05, 0) is 44.4 Å². The van der Waals surface area contributed by atoms with Crippen molar-refractivity contribution in [1.82, 2.24) is 9.97 Å². The van der Waals surface area contributed by atoms with E-state index < -0.39 is 0 Å². The number of hydrogen-bond donors (Lipinski definition) is 1. The van der Waals surface area contributed by atoms with Crippen LogP contribution in [0.25, 0.3) is 0 Å². The number of benzene rings is 1. The first-order valence-corrected chi connectivity index (χ1v) is 7.79. The molecule has 0 radical (unpaired) electrons. The molecule has 1 aromatic carbocycles. The first kappa shape index (κ1) is 13.8. The number of halogens is 2. The van der Waals surface area contributed by atoms with E-state index in [1.54, 1.807) is 0 Å². The molecule has 1 aliphatic rings. The molecule has 0 spiro atoms. The summed E-state index contributed by atoms with van der Waals surface area (Å²) in [6.07, 6.45) is 2.32. The van der Waals surface area contributed by atoms with Crippen LogP contribution in [-0.4, -0.2) is 9.97 Å². The predicted molar refractivity (Wildman–Crippen MR) is 85.9 cm³/mol. The minimum Gasteiger partial charge on any atom is -0.340 e. The highest BCUT2D eigenvalue weighted by molar-refractivity contribution is 9.10. The Hall–Kier alpha value is -1.13. The predicted octanol–water partition coefficient (Wildman–Crippen LogP) is 5.13. The number of rotatable bonds is 3. The monoisotopic (exact) mass is 351 g/mol. The molecule has 20 heavy (non-hydrogen) atoms. The summed E-state index contributed by atoms with van der Waals surface area (Å²) in [5, 5.41) is 3.88. The third kappa shape index (κ3) is 2.81. The largest absolute Gasteiger partial charge is 0.340 e. The van der Waals surface area contributed by atoms with Gasteiger partial charge in [0.2, 0.25) is 0 Å². The summed E-state index contributed by atoms with van der Waals surface area (Å²) in [5.41, 5.74) is 3.07. The highest BCUT2D eigenvalue weighted by Gasteiger charge is 2.28. The van der Waals surface area contributed by atoms with Crippen LogP contribution in [0.4, 0.5) is 11.5 Å². The molecule has 1 aromatic heterocycles. The van der Waals surface area contributed by atoms with Crippen LogP contribution in [0, 0.1) is 13.8 Å². The fourth-order valence-corrected chi connectivity index (χ4v) is 2.51. The lowest BCUT2D eigenvalue weighted by Crippen LogP contribution is -2.03. The van der Waals surface area contributed by atoms with Gasteiger partial charge < -0.3 is 5.32 Å². The van der Waals surface area contributed by atoms with Crippen LogP contribution >= 0.6 is 27.5 Å². The summed E-state index contributed by atoms with van der Waals surface area (Å²) in [4.78, 5) is 8.99. The van der Waals surface area contributed by atoms with Gasteiger partial charge in [0.05, 0.1) is 0 Å². The molecule has 0 amide bonds. The van der Waals surface area contributed by atoms with E-state index in [1.807, 2.05) is 19.1 Å². The first-order valence-electron chi connectivity index (χ1n) is 6.62. The van der Waals surface area contributed by atoms with Gasteiger partial charge in [-0.25, -0.2) is 9.97 Å². The zero-order valence-corrected chi connectivity index (χ0v) is 13.7. The van der Waals surface area contributed by atoms with Crippen LogP contribution in [0.3, 0.4) is 0 Å². The Morgan fingerprint density at radius 3 is 2.65 bits per heavy atom. The van der Waals surface area contributed by atoms with E-state index in [4.69, 9.17) is 11.6 Å². The minimum atomic E-state index is 0.485. The number of anilines is 2. The van der Waals surface area contributed by atoms with E-state index in [0.717, 1.165) is 40.2 Å². The molecule has 0 unspecified atom stereocenters. The maximum atomic E-state index is 6.21. The summed E-state index contributed by atoms with van der Waals surface area (Å²) in [5.74, 6) is 2.13. The number of nitrogens with zero attached hydrogens (tertiary/aromatic N) is 2. The van der Waals surface area contributed by atoms with E-state index in [1.165, 1.54) is 5.56 Å². The molecule has 1 saturated carbocycles. The third-order valence-corrected chi connectivity index (χ3v) is 4.70. The standard InChI is InChI=1S/C15H15BrClN3/c1-8-3-6-11(7-12(8)16)18-14-9(2)13(17)19-15(20-14)10-4-5-10/h3,6-7,10H,4-5H2,1-2H3,(H,18,19,20). The summed E-state index contributed by atoms with van der Waals surface area (Å²) in [7, 11) is 0. The number of hydrogen-bond acceptors (Lipinski definition) is 3. The SMILES string of the molecule is Cc1ccc(Nc2nc(C3CC3)nc(Cl)c2C)cc1Br. The fourth-order valence-electron chi connectivity index (χ4n) is 1.96. The Morgan fingerprint density at radius 2 is 2.00 bits per heavy atom. The Kier molecular flexibility index (Phi) is 3.69. The average Bonchev–Trinajstić information content (AvgIpc) is 3.23. The average molecular weight is 353 g/mol. The molecule has 3 nitrogen and oxygen atoms in total. The molecule has 5 heteroatoms. The van der Waals surface area contributed by atoms with Gasteiger partial charge in [0.15, 0.2) is 0 Å². The van der Waals surface area contributed by atoms with Gasteiger partial charge in [-0.15, -0.1) is 0 Å². The Balaban J connectivity index is 1.94. The van der Waals surface area contributed by atoms with Crippen molar-refractivity contribution < 1.29 is 0 Å². The molecule has 3 rings (SSSR count). The second-order valence-electron chi connectivity index (χ2n) is 5.21. The van der Waals surface area contributed by atoms with Gasteiger partial charge in [0, 0.05) is 21.6 Å². The van der Waals surface area contributed by atoms with Crippen molar-refractivity contribution in [2.24, 2.45) is 0 Å². The van der Waals surface area contributed by atoms with E-state index in [2.05, 4.69) is 44.2 Å². The molecule has 0 aliphatic heterocycles. The lowest BCUT2D eigenvalue weighted by molar-refractivity contribution is 0.922.